The van der Waals surface area contributed by atoms with Crippen molar-refractivity contribution in [3.05, 3.63) is 40.8 Å². The van der Waals surface area contributed by atoms with Gasteiger partial charge in [0.2, 0.25) is 0 Å². The second-order valence-corrected chi connectivity index (χ2v) is 7.26. The smallest absolute Gasteiger partial charge is 0.412 e. The van der Waals surface area contributed by atoms with Crippen molar-refractivity contribution < 1.29 is 19.4 Å². The Bertz CT molecular complexity index is 729. The SMILES string of the molecule is Cc1sc(NC(=O)OC(C)(C)C)c(C(=O)O)c1-c1ccccc1. The molecule has 0 bridgehead atoms. The van der Waals surface area contributed by atoms with Gasteiger partial charge in [-0.2, -0.15) is 0 Å². The highest BCUT2D eigenvalue weighted by atomic mass is 32.1. The molecule has 0 atom stereocenters. The topological polar surface area (TPSA) is 75.6 Å². The van der Waals surface area contributed by atoms with Gasteiger partial charge in [-0.25, -0.2) is 9.59 Å². The molecule has 0 aliphatic rings. The van der Waals surface area contributed by atoms with E-state index in [0.717, 1.165) is 10.4 Å². The lowest BCUT2D eigenvalue weighted by molar-refractivity contribution is 0.0636. The number of hydrogen-bond donors (Lipinski definition) is 2. The number of thiophene rings is 1. The fraction of sp³-hybridized carbons (Fsp3) is 0.294. The van der Waals surface area contributed by atoms with Crippen LogP contribution in [-0.2, 0) is 4.74 Å². The molecule has 2 aromatic rings. The molecule has 122 valence electrons. The van der Waals surface area contributed by atoms with E-state index in [0.29, 0.717) is 5.56 Å². The van der Waals surface area contributed by atoms with Crippen LogP contribution in [0, 0.1) is 6.92 Å². The molecule has 0 aliphatic heterocycles. The van der Waals surface area contributed by atoms with Crippen molar-refractivity contribution in [1.29, 1.82) is 0 Å². The number of aryl methyl sites for hydroxylation is 1. The van der Waals surface area contributed by atoms with Crippen molar-refractivity contribution >= 4 is 28.4 Å². The molecule has 23 heavy (non-hydrogen) atoms. The maximum absolute atomic E-state index is 11.9. The summed E-state index contributed by atoms with van der Waals surface area (Å²) in [4.78, 5) is 24.5. The Morgan fingerprint density at radius 2 is 1.78 bits per heavy atom. The lowest BCUT2D eigenvalue weighted by Gasteiger charge is -2.19. The molecular weight excluding hydrogens is 314 g/mol. The Morgan fingerprint density at radius 1 is 1.17 bits per heavy atom. The Morgan fingerprint density at radius 3 is 2.30 bits per heavy atom. The van der Waals surface area contributed by atoms with Crippen LogP contribution in [0.1, 0.15) is 36.0 Å². The Labute approximate surface area is 138 Å². The van der Waals surface area contributed by atoms with Crippen molar-refractivity contribution in [2.24, 2.45) is 0 Å². The van der Waals surface area contributed by atoms with Gasteiger partial charge >= 0.3 is 12.1 Å². The van der Waals surface area contributed by atoms with Crippen LogP contribution in [0.2, 0.25) is 0 Å². The first-order chi connectivity index (χ1) is 10.7. The summed E-state index contributed by atoms with van der Waals surface area (Å²) in [6.07, 6.45) is -0.666. The molecule has 0 unspecified atom stereocenters. The number of hydrogen-bond acceptors (Lipinski definition) is 4. The van der Waals surface area contributed by atoms with E-state index in [9.17, 15) is 14.7 Å². The van der Waals surface area contributed by atoms with Gasteiger partial charge in [0.05, 0.1) is 0 Å². The summed E-state index contributed by atoms with van der Waals surface area (Å²) < 4.78 is 5.19. The summed E-state index contributed by atoms with van der Waals surface area (Å²) in [7, 11) is 0. The highest BCUT2D eigenvalue weighted by molar-refractivity contribution is 7.17. The van der Waals surface area contributed by atoms with Crippen molar-refractivity contribution in [3.8, 4) is 11.1 Å². The molecule has 0 radical (unpaired) electrons. The monoisotopic (exact) mass is 333 g/mol. The van der Waals surface area contributed by atoms with Crippen molar-refractivity contribution in [1.82, 2.24) is 0 Å². The van der Waals surface area contributed by atoms with Crippen LogP contribution in [0.3, 0.4) is 0 Å². The van der Waals surface area contributed by atoms with E-state index < -0.39 is 17.7 Å². The first-order valence-corrected chi connectivity index (χ1v) is 7.93. The Kier molecular flexibility index (Phi) is 4.75. The lowest BCUT2D eigenvalue weighted by Crippen LogP contribution is -2.27. The minimum Gasteiger partial charge on any atom is -0.478 e. The number of carbonyl (C=O) groups is 2. The minimum absolute atomic E-state index is 0.0876. The standard InChI is InChI=1S/C17H19NO4S/c1-10-12(11-8-6-5-7-9-11)13(15(19)20)14(23-10)18-16(21)22-17(2,3)4/h5-9H,1-4H3,(H,18,21)(H,19,20). The molecule has 1 aromatic heterocycles. The molecule has 6 heteroatoms. The molecule has 0 aliphatic carbocycles. The maximum atomic E-state index is 11.9. The Balaban J connectivity index is 2.43. The maximum Gasteiger partial charge on any atom is 0.412 e. The average molecular weight is 333 g/mol. The first-order valence-electron chi connectivity index (χ1n) is 7.11. The van der Waals surface area contributed by atoms with Gasteiger partial charge in [-0.15, -0.1) is 11.3 Å². The van der Waals surface area contributed by atoms with Crippen LogP contribution in [0.25, 0.3) is 11.1 Å². The Hall–Kier alpha value is -2.34. The van der Waals surface area contributed by atoms with E-state index in [1.165, 1.54) is 11.3 Å². The van der Waals surface area contributed by atoms with Crippen molar-refractivity contribution in [2.75, 3.05) is 5.32 Å². The number of nitrogens with one attached hydrogen (secondary N) is 1. The summed E-state index contributed by atoms with van der Waals surface area (Å²) >= 11 is 1.23. The number of benzene rings is 1. The van der Waals surface area contributed by atoms with Crippen LogP contribution in [-0.4, -0.2) is 22.8 Å². The van der Waals surface area contributed by atoms with E-state index in [-0.39, 0.29) is 10.6 Å². The molecule has 5 nitrogen and oxygen atoms in total. The number of carboxylic acid groups (broad SMARTS) is 1. The third-order valence-corrected chi connectivity index (χ3v) is 4.00. The van der Waals surface area contributed by atoms with Crippen molar-refractivity contribution in [2.45, 2.75) is 33.3 Å². The average Bonchev–Trinajstić information content (AvgIpc) is 2.73. The molecule has 1 amide bonds. The molecule has 1 heterocycles. The number of aromatic carboxylic acids is 1. The van der Waals surface area contributed by atoms with E-state index in [1.807, 2.05) is 37.3 Å². The van der Waals surface area contributed by atoms with E-state index in [2.05, 4.69) is 5.32 Å². The van der Waals surface area contributed by atoms with Crippen LogP contribution in [0.15, 0.2) is 30.3 Å². The number of anilines is 1. The van der Waals surface area contributed by atoms with Crippen LogP contribution >= 0.6 is 11.3 Å². The molecule has 2 rings (SSSR count). The minimum atomic E-state index is -1.08. The van der Waals surface area contributed by atoms with Gasteiger partial charge < -0.3 is 9.84 Å². The number of ether oxygens (including phenoxy) is 1. The number of amides is 1. The molecule has 0 spiro atoms. The lowest BCUT2D eigenvalue weighted by atomic mass is 10.0. The van der Waals surface area contributed by atoms with Crippen molar-refractivity contribution in [3.63, 3.8) is 0 Å². The predicted octanol–water partition coefficient (Wildman–Crippen LogP) is 4.77. The van der Waals surface area contributed by atoms with E-state index in [1.54, 1.807) is 20.8 Å². The van der Waals surface area contributed by atoms with Gasteiger partial charge in [0.15, 0.2) is 0 Å². The fourth-order valence-electron chi connectivity index (χ4n) is 2.19. The van der Waals surface area contributed by atoms with Gasteiger partial charge in [-0.1, -0.05) is 30.3 Å². The highest BCUT2D eigenvalue weighted by Gasteiger charge is 2.25. The second kappa shape index (κ2) is 6.42. The molecular formula is C17H19NO4S. The molecule has 2 N–H and O–H groups in total. The quantitative estimate of drug-likeness (QED) is 0.848. The fourth-order valence-corrected chi connectivity index (χ4v) is 3.24. The third kappa shape index (κ3) is 4.10. The van der Waals surface area contributed by atoms with E-state index >= 15 is 0 Å². The summed E-state index contributed by atoms with van der Waals surface area (Å²) in [6, 6.07) is 9.25. The summed E-state index contributed by atoms with van der Waals surface area (Å²) in [5, 5.41) is 12.4. The normalized spacial score (nSPS) is 11.1. The second-order valence-electron chi connectivity index (χ2n) is 6.04. The number of carboxylic acids is 1. The molecule has 1 aromatic carbocycles. The predicted molar refractivity (Wildman–Crippen MR) is 91.3 cm³/mol. The zero-order chi connectivity index (χ0) is 17.2. The zero-order valence-electron chi connectivity index (χ0n) is 13.5. The summed E-state index contributed by atoms with van der Waals surface area (Å²) in [6.45, 7) is 7.08. The molecule has 0 saturated carbocycles. The zero-order valence-corrected chi connectivity index (χ0v) is 14.3. The number of rotatable bonds is 3. The van der Waals surface area contributed by atoms with Crippen LogP contribution < -0.4 is 5.32 Å². The molecule has 0 fully saturated rings. The van der Waals surface area contributed by atoms with E-state index in [4.69, 9.17) is 4.74 Å². The van der Waals surface area contributed by atoms with Gasteiger partial charge in [0.25, 0.3) is 0 Å². The number of carbonyl (C=O) groups excluding carboxylic acids is 1. The van der Waals surface area contributed by atoms with Gasteiger partial charge in [0.1, 0.15) is 16.2 Å². The van der Waals surface area contributed by atoms with Gasteiger partial charge in [-0.05, 0) is 33.3 Å². The van der Waals surface area contributed by atoms with Crippen LogP contribution in [0.5, 0.6) is 0 Å². The molecule has 0 saturated heterocycles. The highest BCUT2D eigenvalue weighted by Crippen LogP contribution is 2.40. The third-order valence-electron chi connectivity index (χ3n) is 2.98. The van der Waals surface area contributed by atoms with Gasteiger partial charge in [0, 0.05) is 10.4 Å². The largest absolute Gasteiger partial charge is 0.478 e. The summed E-state index contributed by atoms with van der Waals surface area (Å²) in [5.41, 5.74) is 0.858. The van der Waals surface area contributed by atoms with Crippen LogP contribution in [0.4, 0.5) is 9.80 Å². The first kappa shape index (κ1) is 17.0. The van der Waals surface area contributed by atoms with Gasteiger partial charge in [-0.3, -0.25) is 5.32 Å². The summed E-state index contributed by atoms with van der Waals surface area (Å²) in [5.74, 6) is -1.08.